The number of rotatable bonds is 5. The van der Waals surface area contributed by atoms with Gasteiger partial charge in [0.1, 0.15) is 5.82 Å². The third kappa shape index (κ3) is 4.59. The molecular weight excluding hydrogens is 272 g/mol. The standard InChI is InChI=1S/C18H20N4/c1-4-9-15(5-2)21-18-19-13-14(3)12-17(22-18)20-16-10-7-6-8-11-16/h4-14,20H,1-2H2,3H3,(H,21,22)/b15-9+. The molecule has 2 rings (SSSR count). The van der Waals surface area contributed by atoms with Crippen molar-refractivity contribution >= 4 is 17.9 Å². The number of nitrogens with one attached hydrogen (secondary N) is 2. The molecule has 2 N–H and O–H groups in total. The summed E-state index contributed by atoms with van der Waals surface area (Å²) in [6, 6.07) is 9.92. The van der Waals surface area contributed by atoms with Crippen molar-refractivity contribution in [3.63, 3.8) is 0 Å². The third-order valence-electron chi connectivity index (χ3n) is 2.90. The van der Waals surface area contributed by atoms with Gasteiger partial charge in [0.2, 0.25) is 5.96 Å². The predicted molar refractivity (Wildman–Crippen MR) is 94.9 cm³/mol. The molecule has 1 aromatic carbocycles. The van der Waals surface area contributed by atoms with E-state index in [4.69, 9.17) is 0 Å². The highest BCUT2D eigenvalue weighted by molar-refractivity contribution is 5.91. The number of aliphatic imine (C=N–C) groups is 2. The van der Waals surface area contributed by atoms with Crippen molar-refractivity contribution in [2.75, 3.05) is 5.32 Å². The minimum absolute atomic E-state index is 0.185. The van der Waals surface area contributed by atoms with E-state index >= 15 is 0 Å². The molecule has 0 bridgehead atoms. The van der Waals surface area contributed by atoms with Gasteiger partial charge in [-0.25, -0.2) is 4.99 Å². The molecule has 1 aromatic rings. The van der Waals surface area contributed by atoms with E-state index in [1.54, 1.807) is 12.2 Å². The van der Waals surface area contributed by atoms with Gasteiger partial charge in [-0.3, -0.25) is 0 Å². The molecule has 112 valence electrons. The van der Waals surface area contributed by atoms with E-state index in [1.807, 2.05) is 48.7 Å². The van der Waals surface area contributed by atoms with Gasteiger partial charge < -0.3 is 10.6 Å². The number of benzene rings is 1. The summed E-state index contributed by atoms with van der Waals surface area (Å²) in [6.07, 6.45) is 9.07. The van der Waals surface area contributed by atoms with E-state index < -0.39 is 0 Å². The van der Waals surface area contributed by atoms with E-state index in [1.165, 1.54) is 0 Å². The molecule has 0 amide bonds. The zero-order valence-corrected chi connectivity index (χ0v) is 12.7. The number of para-hydroxylation sites is 1. The first kappa shape index (κ1) is 15.5. The lowest BCUT2D eigenvalue weighted by Gasteiger charge is -2.09. The van der Waals surface area contributed by atoms with Gasteiger partial charge in [0.25, 0.3) is 0 Å². The van der Waals surface area contributed by atoms with Crippen molar-refractivity contribution in [3.8, 4) is 0 Å². The molecule has 4 heteroatoms. The van der Waals surface area contributed by atoms with Crippen LogP contribution in [-0.4, -0.2) is 12.2 Å². The summed E-state index contributed by atoms with van der Waals surface area (Å²) in [5.74, 6) is 1.44. The van der Waals surface area contributed by atoms with E-state index in [0.29, 0.717) is 5.96 Å². The molecule has 1 heterocycles. The van der Waals surface area contributed by atoms with E-state index in [9.17, 15) is 0 Å². The van der Waals surface area contributed by atoms with Crippen LogP contribution in [0.5, 0.6) is 0 Å². The first-order valence-corrected chi connectivity index (χ1v) is 7.10. The zero-order chi connectivity index (χ0) is 15.8. The fourth-order valence-electron chi connectivity index (χ4n) is 1.88. The third-order valence-corrected chi connectivity index (χ3v) is 2.90. The quantitative estimate of drug-likeness (QED) is 0.810. The van der Waals surface area contributed by atoms with Crippen LogP contribution in [0, 0.1) is 5.92 Å². The van der Waals surface area contributed by atoms with Crippen LogP contribution in [0.15, 0.2) is 89.3 Å². The Morgan fingerprint density at radius 3 is 2.68 bits per heavy atom. The molecule has 1 aliphatic rings. The number of hydrogen-bond donors (Lipinski definition) is 2. The van der Waals surface area contributed by atoms with Crippen LogP contribution in [0.25, 0.3) is 0 Å². The highest BCUT2D eigenvalue weighted by Crippen LogP contribution is 2.13. The normalized spacial score (nSPS) is 17.9. The Morgan fingerprint density at radius 2 is 2.00 bits per heavy atom. The van der Waals surface area contributed by atoms with Crippen molar-refractivity contribution in [2.45, 2.75) is 6.92 Å². The number of guanidine groups is 1. The second kappa shape index (κ2) is 7.78. The number of hydrogen-bond acceptors (Lipinski definition) is 4. The number of anilines is 1. The molecule has 0 radical (unpaired) electrons. The summed E-state index contributed by atoms with van der Waals surface area (Å²) >= 11 is 0. The van der Waals surface area contributed by atoms with Crippen LogP contribution < -0.4 is 10.6 Å². The second-order valence-electron chi connectivity index (χ2n) is 4.80. The molecule has 1 aliphatic heterocycles. The Balaban J connectivity index is 2.21. The maximum Gasteiger partial charge on any atom is 0.228 e. The topological polar surface area (TPSA) is 48.8 Å². The Labute approximate surface area is 131 Å². The summed E-state index contributed by atoms with van der Waals surface area (Å²) < 4.78 is 0. The zero-order valence-electron chi connectivity index (χ0n) is 12.7. The molecule has 0 saturated carbocycles. The lowest BCUT2D eigenvalue weighted by atomic mass is 10.2. The molecule has 1 unspecified atom stereocenters. The van der Waals surface area contributed by atoms with Crippen molar-refractivity contribution < 1.29 is 0 Å². The van der Waals surface area contributed by atoms with E-state index in [-0.39, 0.29) is 5.92 Å². The van der Waals surface area contributed by atoms with Gasteiger partial charge in [-0.15, -0.1) is 0 Å². The average molecular weight is 292 g/mol. The highest BCUT2D eigenvalue weighted by atomic mass is 15.2. The van der Waals surface area contributed by atoms with Crippen LogP contribution in [0.4, 0.5) is 5.69 Å². The maximum atomic E-state index is 4.53. The summed E-state index contributed by atoms with van der Waals surface area (Å²) in [6.45, 7) is 9.49. The Kier molecular flexibility index (Phi) is 5.49. The predicted octanol–water partition coefficient (Wildman–Crippen LogP) is 3.86. The smallest absolute Gasteiger partial charge is 0.228 e. The van der Waals surface area contributed by atoms with Gasteiger partial charge >= 0.3 is 0 Å². The summed E-state index contributed by atoms with van der Waals surface area (Å²) in [5.41, 5.74) is 1.77. The molecular formula is C18H20N4. The van der Waals surface area contributed by atoms with Gasteiger partial charge in [-0.05, 0) is 30.4 Å². The Hall–Kier alpha value is -2.88. The first-order chi connectivity index (χ1) is 10.7. The van der Waals surface area contributed by atoms with Crippen LogP contribution in [0.2, 0.25) is 0 Å². The fraction of sp³-hybridized carbons (Fsp3) is 0.111. The molecule has 4 nitrogen and oxygen atoms in total. The molecule has 0 fully saturated rings. The summed E-state index contributed by atoms with van der Waals surface area (Å²) in [7, 11) is 0. The van der Waals surface area contributed by atoms with E-state index in [2.05, 4.69) is 40.7 Å². The first-order valence-electron chi connectivity index (χ1n) is 7.10. The molecule has 0 spiro atoms. The molecule has 0 saturated heterocycles. The lowest BCUT2D eigenvalue weighted by molar-refractivity contribution is 1.01. The lowest BCUT2D eigenvalue weighted by Crippen LogP contribution is -2.20. The molecule has 22 heavy (non-hydrogen) atoms. The Bertz CT molecular complexity index is 651. The highest BCUT2D eigenvalue weighted by Gasteiger charge is 2.07. The SMILES string of the molecule is C=C/C=C(\C=C)NC1=NC(Nc2ccccc2)=CC(C)C=N1. The van der Waals surface area contributed by atoms with Crippen LogP contribution in [0.3, 0.4) is 0 Å². The second-order valence-corrected chi connectivity index (χ2v) is 4.80. The molecule has 1 atom stereocenters. The average Bonchev–Trinajstić information content (AvgIpc) is 2.69. The van der Waals surface area contributed by atoms with Gasteiger partial charge in [0, 0.05) is 23.5 Å². The van der Waals surface area contributed by atoms with Crippen molar-refractivity contribution in [1.29, 1.82) is 0 Å². The minimum atomic E-state index is 0.185. The van der Waals surface area contributed by atoms with Crippen LogP contribution in [0.1, 0.15) is 6.92 Å². The minimum Gasteiger partial charge on any atom is -0.340 e. The van der Waals surface area contributed by atoms with E-state index in [0.717, 1.165) is 17.2 Å². The largest absolute Gasteiger partial charge is 0.340 e. The van der Waals surface area contributed by atoms with Crippen molar-refractivity contribution in [3.05, 3.63) is 79.3 Å². The van der Waals surface area contributed by atoms with Gasteiger partial charge in [0.05, 0.1) is 0 Å². The fourth-order valence-corrected chi connectivity index (χ4v) is 1.88. The monoisotopic (exact) mass is 292 g/mol. The summed E-state index contributed by atoms with van der Waals surface area (Å²) in [5, 5.41) is 6.42. The van der Waals surface area contributed by atoms with Gasteiger partial charge in [-0.1, -0.05) is 44.4 Å². The molecule has 0 aromatic heterocycles. The summed E-state index contributed by atoms with van der Waals surface area (Å²) in [4.78, 5) is 8.89. The van der Waals surface area contributed by atoms with Crippen LogP contribution >= 0.6 is 0 Å². The Morgan fingerprint density at radius 1 is 1.23 bits per heavy atom. The number of allylic oxidation sites excluding steroid dienone is 4. The van der Waals surface area contributed by atoms with Crippen LogP contribution in [-0.2, 0) is 0 Å². The van der Waals surface area contributed by atoms with Gasteiger partial charge in [-0.2, -0.15) is 4.99 Å². The maximum absolute atomic E-state index is 4.53. The van der Waals surface area contributed by atoms with Gasteiger partial charge in [0.15, 0.2) is 0 Å². The number of nitrogens with zero attached hydrogens (tertiary/aromatic N) is 2. The van der Waals surface area contributed by atoms with Crippen molar-refractivity contribution in [1.82, 2.24) is 5.32 Å². The molecule has 0 aliphatic carbocycles. The van der Waals surface area contributed by atoms with Crippen molar-refractivity contribution in [2.24, 2.45) is 15.9 Å².